The number of para-hydroxylation sites is 1. The van der Waals surface area contributed by atoms with E-state index in [2.05, 4.69) is 15.7 Å². The number of ether oxygens (including phenoxy) is 1. The lowest BCUT2D eigenvalue weighted by Gasteiger charge is -2.27. The van der Waals surface area contributed by atoms with Crippen molar-refractivity contribution in [3.8, 4) is 5.75 Å². The Labute approximate surface area is 140 Å². The number of methoxy groups -OCH3 is 1. The summed E-state index contributed by atoms with van der Waals surface area (Å²) in [6, 6.07) is 5.77. The second-order valence-corrected chi connectivity index (χ2v) is 6.18. The number of nitrogens with one attached hydrogen (secondary N) is 2. The smallest absolute Gasteiger partial charge is 0.256 e. The van der Waals surface area contributed by atoms with Crippen molar-refractivity contribution in [3.63, 3.8) is 0 Å². The molecule has 0 saturated heterocycles. The number of nitrogen functional groups attached to an aromatic ring is 1. The van der Waals surface area contributed by atoms with Crippen LogP contribution in [0.4, 0.5) is 11.5 Å². The SMILES string of the molecule is COc1cccc2c1NCCC2C(=O)n1nc2c(c1N)CNCC2. The summed E-state index contributed by atoms with van der Waals surface area (Å²) in [6.07, 6.45) is 1.51. The van der Waals surface area contributed by atoms with E-state index in [1.807, 2.05) is 18.2 Å². The first-order valence-electron chi connectivity index (χ1n) is 8.22. The fourth-order valence-corrected chi connectivity index (χ4v) is 3.59. The molecule has 0 radical (unpaired) electrons. The molecule has 24 heavy (non-hydrogen) atoms. The summed E-state index contributed by atoms with van der Waals surface area (Å²) in [4.78, 5) is 13.1. The van der Waals surface area contributed by atoms with Crippen molar-refractivity contribution in [1.29, 1.82) is 0 Å². The molecule has 7 nitrogen and oxygen atoms in total. The van der Waals surface area contributed by atoms with Gasteiger partial charge in [0.15, 0.2) is 0 Å². The van der Waals surface area contributed by atoms with Crippen LogP contribution in [0.25, 0.3) is 0 Å². The zero-order chi connectivity index (χ0) is 16.7. The summed E-state index contributed by atoms with van der Waals surface area (Å²) in [5, 5.41) is 11.1. The Morgan fingerprint density at radius 3 is 3.08 bits per heavy atom. The molecule has 126 valence electrons. The van der Waals surface area contributed by atoms with Gasteiger partial charge in [-0.25, -0.2) is 0 Å². The van der Waals surface area contributed by atoms with E-state index in [1.54, 1.807) is 7.11 Å². The summed E-state index contributed by atoms with van der Waals surface area (Å²) in [7, 11) is 1.63. The topological polar surface area (TPSA) is 94.2 Å². The first-order chi connectivity index (χ1) is 11.7. The number of rotatable bonds is 2. The lowest BCUT2D eigenvalue weighted by Crippen LogP contribution is -2.28. The van der Waals surface area contributed by atoms with Crippen LogP contribution in [-0.4, -0.2) is 35.9 Å². The molecular weight excluding hydrogens is 306 g/mol. The first kappa shape index (κ1) is 15.0. The van der Waals surface area contributed by atoms with Gasteiger partial charge in [-0.1, -0.05) is 12.1 Å². The summed E-state index contributed by atoms with van der Waals surface area (Å²) < 4.78 is 6.81. The van der Waals surface area contributed by atoms with Crippen LogP contribution in [0, 0.1) is 0 Å². The third kappa shape index (κ3) is 2.24. The predicted octanol–water partition coefficient (Wildman–Crippen LogP) is 1.36. The average molecular weight is 327 g/mol. The van der Waals surface area contributed by atoms with Crippen molar-refractivity contribution >= 4 is 17.4 Å². The summed E-state index contributed by atoms with van der Waals surface area (Å²) in [5.74, 6) is 0.873. The Bertz CT molecular complexity index is 799. The predicted molar refractivity (Wildman–Crippen MR) is 91.5 cm³/mol. The molecule has 1 aromatic carbocycles. The van der Waals surface area contributed by atoms with Crippen molar-refractivity contribution in [3.05, 3.63) is 35.0 Å². The highest BCUT2D eigenvalue weighted by molar-refractivity contribution is 5.91. The van der Waals surface area contributed by atoms with E-state index in [1.165, 1.54) is 4.68 Å². The summed E-state index contributed by atoms with van der Waals surface area (Å²) in [6.45, 7) is 2.25. The first-order valence-corrected chi connectivity index (χ1v) is 8.22. The fraction of sp³-hybridized carbons (Fsp3) is 0.412. The Hall–Kier alpha value is -2.54. The number of hydrogen-bond donors (Lipinski definition) is 3. The number of anilines is 2. The molecule has 0 spiro atoms. The Morgan fingerprint density at radius 1 is 1.42 bits per heavy atom. The Kier molecular flexibility index (Phi) is 3.65. The largest absolute Gasteiger partial charge is 0.495 e. The van der Waals surface area contributed by atoms with Gasteiger partial charge in [-0.3, -0.25) is 4.79 Å². The van der Waals surface area contributed by atoms with E-state index < -0.39 is 0 Å². The quantitative estimate of drug-likeness (QED) is 0.771. The molecule has 1 unspecified atom stereocenters. The molecule has 1 atom stereocenters. The molecule has 1 aromatic heterocycles. The molecule has 0 amide bonds. The minimum absolute atomic E-state index is 0.0714. The normalized spacial score (nSPS) is 19.1. The van der Waals surface area contributed by atoms with Crippen LogP contribution in [-0.2, 0) is 13.0 Å². The van der Waals surface area contributed by atoms with Crippen LogP contribution < -0.4 is 21.1 Å². The van der Waals surface area contributed by atoms with Crippen molar-refractivity contribution in [2.45, 2.75) is 25.3 Å². The van der Waals surface area contributed by atoms with Gasteiger partial charge in [0.2, 0.25) is 0 Å². The molecule has 0 bridgehead atoms. The van der Waals surface area contributed by atoms with E-state index >= 15 is 0 Å². The van der Waals surface area contributed by atoms with Crippen molar-refractivity contribution in [2.24, 2.45) is 0 Å². The standard InChI is InChI=1S/C17H21N5O2/c1-24-14-4-2-3-10-11(5-8-20-15(10)14)17(23)22-16(18)12-9-19-7-6-13(12)21-22/h2-4,11,19-20H,5-9,18H2,1H3. The van der Waals surface area contributed by atoms with Gasteiger partial charge in [0, 0.05) is 31.6 Å². The van der Waals surface area contributed by atoms with Gasteiger partial charge in [0.05, 0.1) is 24.4 Å². The second kappa shape index (κ2) is 5.83. The van der Waals surface area contributed by atoms with E-state index in [9.17, 15) is 4.79 Å². The van der Waals surface area contributed by atoms with Crippen LogP contribution in [0.5, 0.6) is 5.75 Å². The number of benzene rings is 1. The maximum absolute atomic E-state index is 13.1. The number of aromatic nitrogens is 2. The van der Waals surface area contributed by atoms with Gasteiger partial charge in [0.1, 0.15) is 11.6 Å². The van der Waals surface area contributed by atoms with Gasteiger partial charge in [0.25, 0.3) is 5.91 Å². The highest BCUT2D eigenvalue weighted by Gasteiger charge is 2.32. The van der Waals surface area contributed by atoms with Gasteiger partial charge >= 0.3 is 0 Å². The zero-order valence-electron chi connectivity index (χ0n) is 13.6. The molecule has 3 heterocycles. The Balaban J connectivity index is 1.73. The van der Waals surface area contributed by atoms with Crippen molar-refractivity contribution < 1.29 is 9.53 Å². The number of hydrogen-bond acceptors (Lipinski definition) is 6. The molecule has 4 N–H and O–H groups in total. The minimum Gasteiger partial charge on any atom is -0.495 e. The second-order valence-electron chi connectivity index (χ2n) is 6.18. The number of carbonyl (C=O) groups excluding carboxylic acids is 1. The highest BCUT2D eigenvalue weighted by Crippen LogP contribution is 2.39. The van der Waals surface area contributed by atoms with E-state index in [0.717, 1.165) is 41.2 Å². The molecule has 7 heteroatoms. The van der Waals surface area contributed by atoms with E-state index in [0.29, 0.717) is 25.3 Å². The third-order valence-corrected chi connectivity index (χ3v) is 4.84. The number of nitrogens with zero attached hydrogens (tertiary/aromatic N) is 2. The van der Waals surface area contributed by atoms with Crippen LogP contribution in [0.1, 0.15) is 34.0 Å². The molecule has 0 fully saturated rings. The number of nitrogens with two attached hydrogens (primary N) is 1. The highest BCUT2D eigenvalue weighted by atomic mass is 16.5. The van der Waals surface area contributed by atoms with Crippen LogP contribution in [0.3, 0.4) is 0 Å². The molecule has 2 aliphatic rings. The van der Waals surface area contributed by atoms with Gasteiger partial charge in [-0.2, -0.15) is 9.78 Å². The summed E-state index contributed by atoms with van der Waals surface area (Å²) in [5.41, 5.74) is 9.92. The number of fused-ring (bicyclic) bond motifs is 2. The number of carbonyl (C=O) groups is 1. The molecule has 4 rings (SSSR count). The average Bonchev–Trinajstić information content (AvgIpc) is 2.97. The van der Waals surface area contributed by atoms with Crippen molar-refractivity contribution in [2.75, 3.05) is 31.2 Å². The Morgan fingerprint density at radius 2 is 2.29 bits per heavy atom. The van der Waals surface area contributed by atoms with E-state index in [-0.39, 0.29) is 11.8 Å². The third-order valence-electron chi connectivity index (χ3n) is 4.84. The lowest BCUT2D eigenvalue weighted by molar-refractivity contribution is 0.0859. The molecule has 2 aliphatic heterocycles. The van der Waals surface area contributed by atoms with E-state index in [4.69, 9.17) is 10.5 Å². The maximum Gasteiger partial charge on any atom is 0.256 e. The molecule has 2 aromatic rings. The van der Waals surface area contributed by atoms with Crippen LogP contribution in [0.2, 0.25) is 0 Å². The van der Waals surface area contributed by atoms with Crippen LogP contribution in [0.15, 0.2) is 18.2 Å². The molecular formula is C17H21N5O2. The lowest BCUT2D eigenvalue weighted by atomic mass is 9.90. The summed E-state index contributed by atoms with van der Waals surface area (Å²) >= 11 is 0. The van der Waals surface area contributed by atoms with Gasteiger partial charge in [-0.15, -0.1) is 0 Å². The monoisotopic (exact) mass is 327 g/mol. The minimum atomic E-state index is -0.270. The maximum atomic E-state index is 13.1. The zero-order valence-corrected chi connectivity index (χ0v) is 13.6. The van der Waals surface area contributed by atoms with Crippen molar-refractivity contribution in [1.82, 2.24) is 15.1 Å². The van der Waals surface area contributed by atoms with Gasteiger partial charge in [-0.05, 0) is 18.1 Å². The molecule has 0 saturated carbocycles. The van der Waals surface area contributed by atoms with Gasteiger partial charge < -0.3 is 21.1 Å². The molecule has 0 aliphatic carbocycles. The van der Waals surface area contributed by atoms with Crippen LogP contribution >= 0.6 is 0 Å². The fourth-order valence-electron chi connectivity index (χ4n) is 3.59.